The second-order valence-electron chi connectivity index (χ2n) is 10.1. The number of imide groups is 2. The molecule has 0 bridgehead atoms. The number of hydrogen-bond acceptors (Lipinski definition) is 6. The number of carbonyl (C=O) groups is 3. The fraction of sp³-hybridized carbons (Fsp3) is 0.364. The molecular weight excluding hydrogens is 518 g/mol. The van der Waals surface area contributed by atoms with Crippen molar-refractivity contribution >= 4 is 29.1 Å². The molecule has 2 aliphatic rings. The van der Waals surface area contributed by atoms with Crippen LogP contribution in [-0.4, -0.2) is 65.5 Å². The van der Waals surface area contributed by atoms with Gasteiger partial charge in [0.25, 0.3) is 11.8 Å². The van der Waals surface area contributed by atoms with Gasteiger partial charge >= 0.3 is 6.03 Å². The van der Waals surface area contributed by atoms with Crippen molar-refractivity contribution in [2.75, 3.05) is 37.7 Å². The lowest BCUT2D eigenvalue weighted by molar-refractivity contribution is -0.136. The molecule has 1 saturated heterocycles. The van der Waals surface area contributed by atoms with E-state index in [1.54, 1.807) is 6.08 Å². The Bertz CT molecular complexity index is 1360. The molecule has 0 saturated carbocycles. The quantitative estimate of drug-likeness (QED) is 0.289. The third-order valence-corrected chi connectivity index (χ3v) is 7.48. The monoisotopic (exact) mass is 557 g/mol. The first-order chi connectivity index (χ1) is 19.9. The molecule has 0 aromatic heterocycles. The van der Waals surface area contributed by atoms with Crippen LogP contribution in [0.25, 0.3) is 5.57 Å². The molecule has 8 heteroatoms. The van der Waals surface area contributed by atoms with Gasteiger partial charge in [-0.2, -0.15) is 0 Å². The number of fused-ring (bicyclic) bond motifs is 1. The van der Waals surface area contributed by atoms with E-state index in [0.717, 1.165) is 57.3 Å². The van der Waals surface area contributed by atoms with Gasteiger partial charge in [0.2, 0.25) is 0 Å². The smallest absolute Gasteiger partial charge is 0.333 e. The van der Waals surface area contributed by atoms with Gasteiger partial charge < -0.3 is 14.7 Å². The van der Waals surface area contributed by atoms with E-state index in [9.17, 15) is 19.5 Å². The summed E-state index contributed by atoms with van der Waals surface area (Å²) in [4.78, 5) is 44.1. The molecule has 2 heterocycles. The molecule has 8 nitrogen and oxygen atoms in total. The molecule has 1 fully saturated rings. The first-order valence-electron chi connectivity index (χ1n) is 14.4. The lowest BCUT2D eigenvalue weighted by Gasteiger charge is -2.33. The highest BCUT2D eigenvalue weighted by molar-refractivity contribution is 6.28. The minimum Gasteiger partial charge on any atom is -0.456 e. The van der Waals surface area contributed by atoms with Crippen LogP contribution in [0.5, 0.6) is 5.75 Å². The molecule has 0 unspecified atom stereocenters. The number of barbiturate groups is 1. The number of anilines is 1. The predicted molar refractivity (Wildman–Crippen MR) is 160 cm³/mol. The van der Waals surface area contributed by atoms with Gasteiger partial charge in [-0.05, 0) is 69.0 Å². The number of rotatable bonds is 11. The number of aliphatic hydroxyl groups is 1. The molecular formula is C33H39N3O5. The SMILES string of the molecule is CCCCN1C(=O)C(=CC=C2Oc3cc(N(CC)CC)ccc3C(c3ccccc3)=C2C)C(=O)N(CCCO)C1=O. The second kappa shape index (κ2) is 13.5. The van der Waals surface area contributed by atoms with Crippen LogP contribution in [-0.2, 0) is 9.59 Å². The Kier molecular flexibility index (Phi) is 9.78. The normalized spacial score (nSPS) is 17.4. The molecule has 0 atom stereocenters. The van der Waals surface area contributed by atoms with Crippen molar-refractivity contribution in [3.63, 3.8) is 0 Å². The van der Waals surface area contributed by atoms with Gasteiger partial charge in [0.1, 0.15) is 17.1 Å². The van der Waals surface area contributed by atoms with Crippen LogP contribution in [0.3, 0.4) is 0 Å². The summed E-state index contributed by atoms with van der Waals surface area (Å²) in [5.41, 5.74) is 4.80. The molecule has 0 spiro atoms. The molecule has 2 aromatic rings. The number of carbonyl (C=O) groups excluding carboxylic acids is 3. The summed E-state index contributed by atoms with van der Waals surface area (Å²) in [5.74, 6) is -0.0762. The fourth-order valence-corrected chi connectivity index (χ4v) is 5.19. The van der Waals surface area contributed by atoms with E-state index >= 15 is 0 Å². The Hall–Kier alpha value is -4.17. The molecule has 4 amide bonds. The number of aliphatic hydroxyl groups excluding tert-OH is 1. The van der Waals surface area contributed by atoms with Crippen molar-refractivity contribution in [1.82, 2.24) is 9.80 Å². The average molecular weight is 558 g/mol. The number of nitrogens with zero attached hydrogens (tertiary/aromatic N) is 3. The zero-order chi connectivity index (χ0) is 29.5. The van der Waals surface area contributed by atoms with Crippen molar-refractivity contribution in [2.45, 2.75) is 47.0 Å². The van der Waals surface area contributed by atoms with E-state index in [-0.39, 0.29) is 31.7 Å². The third-order valence-electron chi connectivity index (χ3n) is 7.48. The summed E-state index contributed by atoms with van der Waals surface area (Å²) < 4.78 is 6.42. The minimum atomic E-state index is -0.664. The Morgan fingerprint density at radius 2 is 1.54 bits per heavy atom. The summed E-state index contributed by atoms with van der Waals surface area (Å²) in [6, 6.07) is 15.6. The molecule has 41 heavy (non-hydrogen) atoms. The topological polar surface area (TPSA) is 90.4 Å². The van der Waals surface area contributed by atoms with E-state index in [4.69, 9.17) is 4.74 Å². The number of hydrogen-bond donors (Lipinski definition) is 1. The summed E-state index contributed by atoms with van der Waals surface area (Å²) in [5, 5.41) is 9.30. The zero-order valence-electron chi connectivity index (χ0n) is 24.4. The summed E-state index contributed by atoms with van der Waals surface area (Å²) in [6.45, 7) is 9.95. The van der Waals surface area contributed by atoms with Gasteiger partial charge in [-0.1, -0.05) is 43.7 Å². The van der Waals surface area contributed by atoms with Crippen molar-refractivity contribution < 1.29 is 24.2 Å². The number of amides is 4. The summed E-state index contributed by atoms with van der Waals surface area (Å²) >= 11 is 0. The predicted octanol–water partition coefficient (Wildman–Crippen LogP) is 5.53. The van der Waals surface area contributed by atoms with Gasteiger partial charge in [-0.15, -0.1) is 0 Å². The summed E-state index contributed by atoms with van der Waals surface area (Å²) in [6.07, 6.45) is 4.76. The Morgan fingerprint density at radius 1 is 0.878 bits per heavy atom. The largest absolute Gasteiger partial charge is 0.456 e. The average Bonchev–Trinajstić information content (AvgIpc) is 2.98. The maximum absolute atomic E-state index is 13.3. The van der Waals surface area contributed by atoms with Crippen LogP contribution in [0.15, 0.2) is 77.6 Å². The highest BCUT2D eigenvalue weighted by atomic mass is 16.5. The molecule has 4 rings (SSSR count). The molecule has 2 aliphatic heterocycles. The number of ether oxygens (including phenoxy) is 1. The van der Waals surface area contributed by atoms with Crippen LogP contribution < -0.4 is 9.64 Å². The lowest BCUT2D eigenvalue weighted by Crippen LogP contribution is -2.56. The summed E-state index contributed by atoms with van der Waals surface area (Å²) in [7, 11) is 0. The van der Waals surface area contributed by atoms with Crippen LogP contribution in [0.1, 0.15) is 58.1 Å². The maximum Gasteiger partial charge on any atom is 0.333 e. The molecule has 1 N–H and O–H groups in total. The Morgan fingerprint density at radius 3 is 2.15 bits per heavy atom. The number of benzene rings is 2. The van der Waals surface area contributed by atoms with E-state index in [1.165, 1.54) is 6.08 Å². The van der Waals surface area contributed by atoms with E-state index in [0.29, 0.717) is 17.9 Å². The van der Waals surface area contributed by atoms with Gasteiger partial charge in [0.15, 0.2) is 0 Å². The van der Waals surface area contributed by atoms with Crippen LogP contribution in [0.4, 0.5) is 10.5 Å². The van der Waals surface area contributed by atoms with E-state index in [1.807, 2.05) is 50.2 Å². The van der Waals surface area contributed by atoms with Crippen molar-refractivity contribution in [3.8, 4) is 5.75 Å². The standard InChI is InChI=1S/C33H39N3O5/c1-5-8-19-35-31(38)27(32(39)36(33(35)40)20-12-21-37)17-18-28-23(4)30(24-13-10-9-11-14-24)26-16-15-25(22-29(26)41-28)34(6-2)7-3/h9-11,13-18,22,37H,5-8,12,19-21H2,1-4H3. The molecule has 2 aromatic carbocycles. The fourth-order valence-electron chi connectivity index (χ4n) is 5.19. The van der Waals surface area contributed by atoms with Crippen LogP contribution >= 0.6 is 0 Å². The third kappa shape index (κ3) is 6.12. The Balaban J connectivity index is 1.81. The number of unbranched alkanes of at least 4 members (excludes halogenated alkanes) is 1. The Labute approximate surface area is 242 Å². The molecule has 216 valence electrons. The highest BCUT2D eigenvalue weighted by Crippen LogP contribution is 2.43. The van der Waals surface area contributed by atoms with E-state index < -0.39 is 17.8 Å². The number of allylic oxidation sites excluding steroid dienone is 3. The second-order valence-corrected chi connectivity index (χ2v) is 10.1. The van der Waals surface area contributed by atoms with E-state index in [2.05, 4.69) is 30.9 Å². The van der Waals surface area contributed by atoms with Crippen molar-refractivity contribution in [3.05, 3.63) is 88.7 Å². The van der Waals surface area contributed by atoms with Gasteiger partial charge in [-0.3, -0.25) is 19.4 Å². The van der Waals surface area contributed by atoms with Gasteiger partial charge in [-0.25, -0.2) is 4.79 Å². The first kappa shape index (κ1) is 29.8. The minimum absolute atomic E-state index is 0.0348. The van der Waals surface area contributed by atoms with Crippen molar-refractivity contribution in [1.29, 1.82) is 0 Å². The van der Waals surface area contributed by atoms with Gasteiger partial charge in [0, 0.05) is 55.7 Å². The highest BCUT2D eigenvalue weighted by Gasteiger charge is 2.41. The first-order valence-corrected chi connectivity index (χ1v) is 14.4. The maximum atomic E-state index is 13.3. The van der Waals surface area contributed by atoms with Crippen LogP contribution in [0.2, 0.25) is 0 Å². The molecule has 0 aliphatic carbocycles. The lowest BCUT2D eigenvalue weighted by atomic mass is 9.90. The van der Waals surface area contributed by atoms with Crippen LogP contribution in [0, 0.1) is 0 Å². The van der Waals surface area contributed by atoms with Gasteiger partial charge in [0.05, 0.1) is 0 Å². The number of urea groups is 1. The zero-order valence-corrected chi connectivity index (χ0v) is 24.4. The van der Waals surface area contributed by atoms with Crippen molar-refractivity contribution in [2.24, 2.45) is 0 Å². The molecule has 0 radical (unpaired) electrons.